The monoisotopic (exact) mass is 694 g/mol. The van der Waals surface area contributed by atoms with Gasteiger partial charge in [0.05, 0.1) is 33.3 Å². The molecule has 0 radical (unpaired) electrons. The van der Waals surface area contributed by atoms with Gasteiger partial charge in [0.25, 0.3) is 0 Å². The topological polar surface area (TPSA) is 55.9 Å². The van der Waals surface area contributed by atoms with E-state index in [1.165, 1.54) is 27.4 Å². The van der Waals surface area contributed by atoms with Gasteiger partial charge in [0, 0.05) is 46.4 Å². The normalized spacial score (nSPS) is 11.5. The maximum absolute atomic E-state index is 10.6. The number of benzene rings is 7. The fourth-order valence-electron chi connectivity index (χ4n) is 7.93. The zero-order valence-electron chi connectivity index (χ0n) is 29.6. The zero-order valence-corrected chi connectivity index (χ0v) is 29.6. The van der Waals surface area contributed by atoms with Crippen molar-refractivity contribution in [3.63, 3.8) is 0 Å². The Kier molecular flexibility index (Phi) is 7.44. The van der Waals surface area contributed by atoms with Gasteiger partial charge in [-0.1, -0.05) is 121 Å². The van der Waals surface area contributed by atoms with Crippen LogP contribution < -0.4 is 0 Å². The van der Waals surface area contributed by atoms with E-state index < -0.39 is 0 Å². The van der Waals surface area contributed by atoms with Crippen LogP contribution in [0, 0.1) is 0 Å². The summed E-state index contributed by atoms with van der Waals surface area (Å²) in [6.07, 6.45) is 1.91. The molecule has 10 aromatic rings. The van der Waals surface area contributed by atoms with Gasteiger partial charge >= 0.3 is 0 Å². The van der Waals surface area contributed by atoms with Crippen LogP contribution in [0.5, 0.6) is 5.75 Å². The molecule has 5 nitrogen and oxygen atoms in total. The van der Waals surface area contributed by atoms with Crippen molar-refractivity contribution >= 4 is 32.8 Å². The molecular formula is C49H34N4O. The Morgan fingerprint density at radius 2 is 1.13 bits per heavy atom. The molecule has 0 bridgehead atoms. The number of hydrogen-bond acceptors (Lipinski definition) is 3. The number of rotatable bonds is 6. The van der Waals surface area contributed by atoms with E-state index in [9.17, 15) is 5.11 Å². The maximum Gasteiger partial charge on any atom is 0.144 e. The van der Waals surface area contributed by atoms with Crippen LogP contribution in [0.15, 0.2) is 182 Å². The molecule has 0 atom stereocenters. The second-order valence-corrected chi connectivity index (χ2v) is 13.7. The van der Waals surface area contributed by atoms with Crippen LogP contribution in [0.1, 0.15) is 0 Å². The van der Waals surface area contributed by atoms with Gasteiger partial charge in [0.1, 0.15) is 11.6 Å². The Morgan fingerprint density at radius 1 is 0.481 bits per heavy atom. The summed E-state index contributed by atoms with van der Waals surface area (Å²) in [6.45, 7) is 0. The van der Waals surface area contributed by atoms with Crippen molar-refractivity contribution in [3.8, 4) is 67.5 Å². The summed E-state index contributed by atoms with van der Waals surface area (Å²) in [5, 5.41) is 13.1. The molecular weight excluding hydrogens is 661 g/mol. The second kappa shape index (κ2) is 12.8. The summed E-state index contributed by atoms with van der Waals surface area (Å²) in [5.74, 6) is 0.932. The Hall–Kier alpha value is -7.24. The predicted octanol–water partition coefficient (Wildman–Crippen LogP) is 12.1. The number of pyridine rings is 1. The van der Waals surface area contributed by atoms with Crippen LogP contribution >= 0.6 is 0 Å². The molecule has 0 aliphatic carbocycles. The third kappa shape index (κ3) is 5.17. The van der Waals surface area contributed by atoms with Crippen molar-refractivity contribution in [2.45, 2.75) is 0 Å². The van der Waals surface area contributed by atoms with E-state index in [4.69, 9.17) is 9.97 Å². The van der Waals surface area contributed by atoms with Gasteiger partial charge < -0.3 is 14.2 Å². The van der Waals surface area contributed by atoms with Crippen LogP contribution in [0.25, 0.3) is 94.6 Å². The summed E-state index contributed by atoms with van der Waals surface area (Å²) in [6, 6.07) is 61.1. The summed E-state index contributed by atoms with van der Waals surface area (Å²) < 4.78 is 4.45. The lowest BCUT2D eigenvalue weighted by Gasteiger charge is -2.14. The average molecular weight is 695 g/mol. The van der Waals surface area contributed by atoms with Crippen LogP contribution in [0.3, 0.4) is 0 Å². The van der Waals surface area contributed by atoms with Crippen LogP contribution in [-0.4, -0.2) is 24.2 Å². The molecule has 0 aliphatic rings. The van der Waals surface area contributed by atoms with Gasteiger partial charge in [-0.2, -0.15) is 0 Å². The minimum atomic E-state index is 0.210. The molecule has 5 heteroatoms. The number of phenolic OH excluding ortho intramolecular Hbond substituents is 1. The average Bonchev–Trinajstić information content (AvgIpc) is 3.76. The number of aryl methyl sites for hydroxylation is 1. The molecule has 3 heterocycles. The van der Waals surface area contributed by atoms with Crippen molar-refractivity contribution in [2.75, 3.05) is 0 Å². The lowest BCUT2D eigenvalue weighted by atomic mass is 9.98. The third-order valence-electron chi connectivity index (χ3n) is 10.5. The minimum absolute atomic E-state index is 0.210. The minimum Gasteiger partial charge on any atom is -0.507 e. The first kappa shape index (κ1) is 31.5. The van der Waals surface area contributed by atoms with E-state index in [-0.39, 0.29) is 5.75 Å². The Labute approximate surface area is 312 Å². The quantitative estimate of drug-likeness (QED) is 0.188. The lowest BCUT2D eigenvalue weighted by molar-refractivity contribution is 0.476. The number of nitrogens with zero attached hydrogens (tertiary/aromatic N) is 4. The molecule has 0 saturated carbocycles. The number of aromatic nitrogens is 4. The molecule has 54 heavy (non-hydrogen) atoms. The molecule has 0 fully saturated rings. The first-order valence-electron chi connectivity index (χ1n) is 18.1. The van der Waals surface area contributed by atoms with E-state index in [0.29, 0.717) is 5.56 Å². The fraction of sp³-hybridized carbons (Fsp3) is 0.0204. The van der Waals surface area contributed by atoms with Crippen LogP contribution in [-0.2, 0) is 7.05 Å². The van der Waals surface area contributed by atoms with Crippen molar-refractivity contribution in [1.29, 1.82) is 0 Å². The Bertz CT molecular complexity index is 3030. The maximum atomic E-state index is 10.6. The summed E-state index contributed by atoms with van der Waals surface area (Å²) in [5.41, 5.74) is 14.6. The molecule has 3 aromatic heterocycles. The SMILES string of the molecule is Cn1c(-c2ccccc2O)nc2c(-c3cccc(-c4cc(-c5cccc6c7ccccc7n(-c7cccc(-c8ccccc8)c7)c56)ccn4)c3)cccc21. The summed E-state index contributed by atoms with van der Waals surface area (Å²) in [7, 11) is 1.99. The van der Waals surface area contributed by atoms with Crippen LogP contribution in [0.4, 0.5) is 0 Å². The van der Waals surface area contributed by atoms with Gasteiger partial charge in [-0.3, -0.25) is 4.98 Å². The van der Waals surface area contributed by atoms with Crippen molar-refractivity contribution in [2.24, 2.45) is 7.05 Å². The highest BCUT2D eigenvalue weighted by Gasteiger charge is 2.19. The highest BCUT2D eigenvalue weighted by atomic mass is 16.3. The number of phenols is 1. The van der Waals surface area contributed by atoms with E-state index in [1.54, 1.807) is 6.07 Å². The number of imidazole rings is 1. The van der Waals surface area contributed by atoms with Crippen LogP contribution in [0.2, 0.25) is 0 Å². The van der Waals surface area contributed by atoms with E-state index >= 15 is 0 Å². The molecule has 0 aliphatic heterocycles. The lowest BCUT2D eigenvalue weighted by Crippen LogP contribution is -1.96. The first-order valence-corrected chi connectivity index (χ1v) is 18.1. The highest BCUT2D eigenvalue weighted by molar-refractivity contribution is 6.14. The van der Waals surface area contributed by atoms with E-state index in [1.807, 2.05) is 36.0 Å². The molecule has 0 amide bonds. The van der Waals surface area contributed by atoms with Crippen molar-refractivity contribution in [1.82, 2.24) is 19.1 Å². The predicted molar refractivity (Wildman–Crippen MR) is 222 cm³/mol. The number of hydrogen-bond donors (Lipinski definition) is 1. The molecule has 0 spiro atoms. The Morgan fingerprint density at radius 3 is 2.04 bits per heavy atom. The second-order valence-electron chi connectivity index (χ2n) is 13.7. The largest absolute Gasteiger partial charge is 0.507 e. The number of aromatic hydroxyl groups is 1. The third-order valence-corrected chi connectivity index (χ3v) is 10.5. The fourth-order valence-corrected chi connectivity index (χ4v) is 7.93. The van der Waals surface area contributed by atoms with Crippen molar-refractivity contribution < 1.29 is 5.11 Å². The van der Waals surface area contributed by atoms with Gasteiger partial charge in [-0.05, 0) is 76.9 Å². The van der Waals surface area contributed by atoms with Crippen molar-refractivity contribution in [3.05, 3.63) is 182 Å². The zero-order chi connectivity index (χ0) is 36.2. The summed E-state index contributed by atoms with van der Waals surface area (Å²) in [4.78, 5) is 9.96. The standard InChI is InChI=1S/C49H34N4O/c1-52-45-25-12-21-38(47(45)51-49(52)42-20-6-8-26-46(42)54)34-16-9-17-36(29-34)43-31-35(27-28-50-43)39-22-11-23-41-40-19-5-7-24-44(40)53(48(39)41)37-18-10-15-33(30-37)32-13-3-2-4-14-32/h2-31,54H,1H3. The smallest absolute Gasteiger partial charge is 0.144 e. The van der Waals surface area contributed by atoms with E-state index in [2.05, 4.69) is 156 Å². The van der Waals surface area contributed by atoms with Gasteiger partial charge in [0.15, 0.2) is 0 Å². The van der Waals surface area contributed by atoms with Gasteiger partial charge in [-0.15, -0.1) is 0 Å². The first-order chi connectivity index (χ1) is 26.6. The Balaban J connectivity index is 1.10. The van der Waals surface area contributed by atoms with Gasteiger partial charge in [0.2, 0.25) is 0 Å². The highest BCUT2D eigenvalue weighted by Crippen LogP contribution is 2.40. The molecule has 1 N–H and O–H groups in total. The summed E-state index contributed by atoms with van der Waals surface area (Å²) >= 11 is 0. The number of para-hydroxylation sites is 4. The van der Waals surface area contributed by atoms with Gasteiger partial charge in [-0.25, -0.2) is 4.98 Å². The molecule has 0 saturated heterocycles. The molecule has 10 rings (SSSR count). The molecule has 7 aromatic carbocycles. The molecule has 256 valence electrons. The molecule has 0 unspecified atom stereocenters. The number of fused-ring (bicyclic) bond motifs is 4. The van der Waals surface area contributed by atoms with E-state index in [0.717, 1.165) is 61.6 Å².